The van der Waals surface area contributed by atoms with E-state index < -0.39 is 0 Å². The highest BCUT2D eigenvalue weighted by Gasteiger charge is 2.19. The molecule has 2 aromatic rings. The van der Waals surface area contributed by atoms with Crippen LogP contribution in [0.3, 0.4) is 0 Å². The molecule has 0 atom stereocenters. The molecule has 0 amide bonds. The smallest absolute Gasteiger partial charge is 0.229 e. The first-order chi connectivity index (χ1) is 11.6. The molecule has 2 heterocycles. The van der Waals surface area contributed by atoms with Gasteiger partial charge in [-0.25, -0.2) is 9.37 Å². The lowest BCUT2D eigenvalue weighted by atomic mass is 9.87. The molecule has 0 radical (unpaired) electrons. The summed E-state index contributed by atoms with van der Waals surface area (Å²) < 4.78 is 14.6. The van der Waals surface area contributed by atoms with E-state index in [0.29, 0.717) is 28.4 Å². The lowest BCUT2D eigenvalue weighted by Gasteiger charge is -2.25. The minimum Gasteiger partial charge on any atom is -0.372 e. The molecule has 0 aliphatic carbocycles. The number of nitrogens with zero attached hydrogens (tertiary/aromatic N) is 2. The summed E-state index contributed by atoms with van der Waals surface area (Å²) in [6.07, 6.45) is 3.56. The number of hydrogen-bond acceptors (Lipinski definition) is 5. The third-order valence-corrected chi connectivity index (χ3v) is 4.64. The van der Waals surface area contributed by atoms with Crippen LogP contribution in [0, 0.1) is 12.7 Å². The van der Waals surface area contributed by atoms with E-state index in [4.69, 9.17) is 11.6 Å². The lowest BCUT2D eigenvalue weighted by molar-refractivity contribution is 0.457. The molecule has 24 heavy (non-hydrogen) atoms. The van der Waals surface area contributed by atoms with Crippen molar-refractivity contribution < 1.29 is 4.39 Å². The van der Waals surface area contributed by atoms with Crippen LogP contribution in [0.15, 0.2) is 18.3 Å². The number of anilines is 3. The summed E-state index contributed by atoms with van der Waals surface area (Å²) in [5.74, 6) is 0.922. The Morgan fingerprint density at radius 3 is 2.75 bits per heavy atom. The lowest BCUT2D eigenvalue weighted by Crippen LogP contribution is -2.27. The second-order valence-corrected chi connectivity index (χ2v) is 6.39. The zero-order valence-electron chi connectivity index (χ0n) is 13.8. The molecule has 1 saturated heterocycles. The van der Waals surface area contributed by atoms with E-state index in [2.05, 4.69) is 25.9 Å². The predicted octanol–water partition coefficient (Wildman–Crippen LogP) is 3.83. The van der Waals surface area contributed by atoms with Crippen molar-refractivity contribution in [3.63, 3.8) is 0 Å². The largest absolute Gasteiger partial charge is 0.372 e. The summed E-state index contributed by atoms with van der Waals surface area (Å²) in [4.78, 5) is 8.33. The molecule has 3 N–H and O–H groups in total. The Morgan fingerprint density at radius 1 is 1.29 bits per heavy atom. The van der Waals surface area contributed by atoms with Gasteiger partial charge in [-0.2, -0.15) is 4.98 Å². The fourth-order valence-electron chi connectivity index (χ4n) is 3.09. The third kappa shape index (κ3) is 3.60. The summed E-state index contributed by atoms with van der Waals surface area (Å²) in [7, 11) is 1.72. The van der Waals surface area contributed by atoms with Crippen LogP contribution >= 0.6 is 11.6 Å². The Labute approximate surface area is 146 Å². The van der Waals surface area contributed by atoms with Crippen LogP contribution in [-0.4, -0.2) is 30.1 Å². The van der Waals surface area contributed by atoms with Crippen molar-refractivity contribution in [2.75, 3.05) is 30.8 Å². The van der Waals surface area contributed by atoms with Gasteiger partial charge in [-0.3, -0.25) is 0 Å². The Bertz CT molecular complexity index is 731. The molecule has 5 nitrogen and oxygen atoms in total. The molecule has 7 heteroatoms. The predicted molar refractivity (Wildman–Crippen MR) is 95.9 cm³/mol. The molecule has 0 spiro atoms. The Morgan fingerprint density at radius 2 is 2.04 bits per heavy atom. The van der Waals surface area contributed by atoms with Crippen molar-refractivity contribution in [3.05, 3.63) is 40.3 Å². The number of halogens is 2. The quantitative estimate of drug-likeness (QED) is 0.783. The number of rotatable bonds is 4. The van der Waals surface area contributed by atoms with E-state index >= 15 is 0 Å². The molecule has 1 aromatic carbocycles. The number of nitrogens with one attached hydrogen (secondary N) is 3. The first-order valence-electron chi connectivity index (χ1n) is 8.06. The standard InChI is InChI=1S/C17H21ClFN5/c1-10-7-15(23-17-22-9-13(18)16(20-2)24-17)14(19)8-12(10)11-3-5-21-6-4-11/h7-9,11,21H,3-6H2,1-2H3,(H2,20,22,23,24). The zero-order valence-corrected chi connectivity index (χ0v) is 14.5. The summed E-state index contributed by atoms with van der Waals surface area (Å²) in [5, 5.41) is 9.57. The van der Waals surface area contributed by atoms with Gasteiger partial charge in [0.1, 0.15) is 16.7 Å². The molecular formula is C17H21ClFN5. The van der Waals surface area contributed by atoms with Gasteiger partial charge in [0, 0.05) is 7.05 Å². The molecule has 0 bridgehead atoms. The normalized spacial score (nSPS) is 15.3. The number of aromatic nitrogens is 2. The monoisotopic (exact) mass is 349 g/mol. The van der Waals surface area contributed by atoms with E-state index in [1.54, 1.807) is 13.1 Å². The van der Waals surface area contributed by atoms with E-state index in [0.717, 1.165) is 37.1 Å². The van der Waals surface area contributed by atoms with Gasteiger partial charge in [-0.15, -0.1) is 0 Å². The maximum atomic E-state index is 14.6. The Balaban J connectivity index is 1.85. The van der Waals surface area contributed by atoms with Crippen LogP contribution in [0.1, 0.15) is 29.9 Å². The molecule has 1 aliphatic rings. The zero-order chi connectivity index (χ0) is 17.1. The van der Waals surface area contributed by atoms with Gasteiger partial charge in [-0.05, 0) is 62.0 Å². The minimum absolute atomic E-state index is 0.293. The molecule has 1 fully saturated rings. The molecular weight excluding hydrogens is 329 g/mol. The van der Waals surface area contributed by atoms with Gasteiger partial charge in [0.05, 0.1) is 11.9 Å². The second-order valence-electron chi connectivity index (χ2n) is 5.98. The second kappa shape index (κ2) is 7.32. The summed E-state index contributed by atoms with van der Waals surface area (Å²) in [5.41, 5.74) is 2.54. The SMILES string of the molecule is CNc1nc(Nc2cc(C)c(C3CCNCC3)cc2F)ncc1Cl. The molecule has 3 rings (SSSR count). The van der Waals surface area contributed by atoms with Crippen molar-refractivity contribution in [1.82, 2.24) is 15.3 Å². The molecule has 1 aliphatic heterocycles. The maximum Gasteiger partial charge on any atom is 0.229 e. The van der Waals surface area contributed by atoms with Crippen molar-refractivity contribution >= 4 is 29.1 Å². The summed E-state index contributed by atoms with van der Waals surface area (Å²) in [6.45, 7) is 3.98. The number of piperidine rings is 1. The minimum atomic E-state index is -0.293. The van der Waals surface area contributed by atoms with E-state index in [-0.39, 0.29) is 5.82 Å². The Hall–Kier alpha value is -1.92. The highest BCUT2D eigenvalue weighted by Crippen LogP contribution is 2.32. The molecule has 0 unspecified atom stereocenters. The van der Waals surface area contributed by atoms with Gasteiger partial charge in [0.15, 0.2) is 0 Å². The molecule has 0 saturated carbocycles. The van der Waals surface area contributed by atoms with Gasteiger partial charge in [0.25, 0.3) is 0 Å². The highest BCUT2D eigenvalue weighted by molar-refractivity contribution is 6.32. The van der Waals surface area contributed by atoms with E-state index in [1.807, 2.05) is 13.0 Å². The van der Waals surface area contributed by atoms with Gasteiger partial charge < -0.3 is 16.0 Å². The molecule has 1 aromatic heterocycles. The van der Waals surface area contributed by atoms with Crippen LogP contribution in [0.25, 0.3) is 0 Å². The Kier molecular flexibility index (Phi) is 5.16. The third-order valence-electron chi connectivity index (χ3n) is 4.36. The number of hydrogen-bond donors (Lipinski definition) is 3. The van der Waals surface area contributed by atoms with Crippen LogP contribution in [0.5, 0.6) is 0 Å². The van der Waals surface area contributed by atoms with Gasteiger partial charge in [0.2, 0.25) is 5.95 Å². The average Bonchev–Trinajstić information content (AvgIpc) is 2.60. The van der Waals surface area contributed by atoms with Crippen molar-refractivity contribution in [1.29, 1.82) is 0 Å². The fourth-order valence-corrected chi connectivity index (χ4v) is 3.27. The number of benzene rings is 1. The van der Waals surface area contributed by atoms with Crippen LogP contribution < -0.4 is 16.0 Å². The van der Waals surface area contributed by atoms with Crippen molar-refractivity contribution in [2.45, 2.75) is 25.7 Å². The highest BCUT2D eigenvalue weighted by atomic mass is 35.5. The average molecular weight is 350 g/mol. The first kappa shape index (κ1) is 16.9. The van der Waals surface area contributed by atoms with Gasteiger partial charge >= 0.3 is 0 Å². The van der Waals surface area contributed by atoms with Crippen molar-refractivity contribution in [2.24, 2.45) is 0 Å². The molecule has 128 valence electrons. The van der Waals surface area contributed by atoms with E-state index in [1.165, 1.54) is 6.20 Å². The van der Waals surface area contributed by atoms with Gasteiger partial charge in [-0.1, -0.05) is 11.6 Å². The number of aryl methyl sites for hydroxylation is 1. The fraction of sp³-hybridized carbons (Fsp3) is 0.412. The van der Waals surface area contributed by atoms with Crippen molar-refractivity contribution in [3.8, 4) is 0 Å². The summed E-state index contributed by atoms with van der Waals surface area (Å²) >= 11 is 5.97. The topological polar surface area (TPSA) is 61.9 Å². The first-order valence-corrected chi connectivity index (χ1v) is 8.44. The van der Waals surface area contributed by atoms with Crippen LogP contribution in [-0.2, 0) is 0 Å². The summed E-state index contributed by atoms with van der Waals surface area (Å²) in [6, 6.07) is 3.46. The van der Waals surface area contributed by atoms with Crippen LogP contribution in [0.4, 0.5) is 21.8 Å². The van der Waals surface area contributed by atoms with Crippen LogP contribution in [0.2, 0.25) is 5.02 Å². The van der Waals surface area contributed by atoms with E-state index in [9.17, 15) is 4.39 Å². The maximum absolute atomic E-state index is 14.6.